The van der Waals surface area contributed by atoms with Crippen LogP contribution in [0.25, 0.3) is 0 Å². The van der Waals surface area contributed by atoms with Crippen LogP contribution < -0.4 is 10.6 Å². The van der Waals surface area contributed by atoms with Crippen LogP contribution in [0.15, 0.2) is 0 Å². The molecular weight excluding hydrogens is 272 g/mol. The number of nitrogens with one attached hydrogen (secondary N) is 2. The highest BCUT2D eigenvalue weighted by molar-refractivity contribution is 5.86. The van der Waals surface area contributed by atoms with Gasteiger partial charge in [-0.3, -0.25) is 14.4 Å². The van der Waals surface area contributed by atoms with Gasteiger partial charge in [0.25, 0.3) is 0 Å². The maximum absolute atomic E-state index is 11.5. The van der Waals surface area contributed by atoms with Gasteiger partial charge in [0.05, 0.1) is 13.2 Å². The van der Waals surface area contributed by atoms with Crippen molar-refractivity contribution in [2.45, 2.75) is 57.8 Å². The van der Waals surface area contributed by atoms with Crippen LogP contribution >= 0.6 is 0 Å². The van der Waals surface area contributed by atoms with Crippen molar-refractivity contribution in [3.8, 4) is 0 Å². The molecule has 1 fully saturated rings. The van der Waals surface area contributed by atoms with E-state index in [9.17, 15) is 14.4 Å². The Balaban J connectivity index is 2.31. The number of esters is 1. The van der Waals surface area contributed by atoms with Crippen LogP contribution in [-0.4, -0.2) is 37.5 Å². The quantitative estimate of drug-likeness (QED) is 0.660. The van der Waals surface area contributed by atoms with Crippen molar-refractivity contribution in [3.63, 3.8) is 0 Å². The van der Waals surface area contributed by atoms with Crippen LogP contribution in [0, 0.1) is 0 Å². The fourth-order valence-corrected chi connectivity index (χ4v) is 2.19. The van der Waals surface area contributed by atoms with E-state index in [0.29, 0.717) is 13.0 Å². The lowest BCUT2D eigenvalue weighted by Gasteiger charge is -2.08. The molecule has 0 aromatic carbocycles. The second kappa shape index (κ2) is 11.1. The van der Waals surface area contributed by atoms with Gasteiger partial charge in [-0.2, -0.15) is 0 Å². The molecule has 1 saturated heterocycles. The fraction of sp³-hybridized carbons (Fsp3) is 0.800. The van der Waals surface area contributed by atoms with Crippen molar-refractivity contribution in [1.82, 2.24) is 10.6 Å². The first-order chi connectivity index (χ1) is 10.2. The highest BCUT2D eigenvalue weighted by Crippen LogP contribution is 2.09. The van der Waals surface area contributed by atoms with E-state index in [-0.39, 0.29) is 24.9 Å². The molecule has 0 atom stereocenters. The van der Waals surface area contributed by atoms with Crippen molar-refractivity contribution in [1.29, 1.82) is 0 Å². The van der Waals surface area contributed by atoms with Crippen LogP contribution in [0.3, 0.4) is 0 Å². The summed E-state index contributed by atoms with van der Waals surface area (Å²) < 4.78 is 5.02. The molecule has 0 unspecified atom stereocenters. The Morgan fingerprint density at radius 2 is 1.24 bits per heavy atom. The minimum absolute atomic E-state index is 0.0912. The van der Waals surface area contributed by atoms with Crippen LogP contribution in [0.5, 0.6) is 0 Å². The van der Waals surface area contributed by atoms with Gasteiger partial charge >= 0.3 is 5.97 Å². The molecule has 0 aromatic heterocycles. The lowest BCUT2D eigenvalue weighted by Crippen LogP contribution is -2.39. The van der Waals surface area contributed by atoms with Crippen molar-refractivity contribution < 1.29 is 19.1 Å². The smallest absolute Gasteiger partial charge is 0.325 e. The number of hydrogen-bond acceptors (Lipinski definition) is 4. The van der Waals surface area contributed by atoms with Gasteiger partial charge in [-0.05, 0) is 12.8 Å². The minimum atomic E-state index is -0.434. The molecule has 0 aromatic rings. The first kappa shape index (κ1) is 17.5. The van der Waals surface area contributed by atoms with E-state index in [1.165, 1.54) is 12.8 Å². The summed E-state index contributed by atoms with van der Waals surface area (Å²) >= 11 is 0. The highest BCUT2D eigenvalue weighted by atomic mass is 16.5. The Hall–Kier alpha value is -1.59. The van der Waals surface area contributed by atoms with Gasteiger partial charge in [0.15, 0.2) is 0 Å². The Labute approximate surface area is 126 Å². The third-order valence-electron chi connectivity index (χ3n) is 3.44. The molecule has 0 spiro atoms. The molecule has 0 radical (unpaired) electrons. The van der Waals surface area contributed by atoms with Crippen molar-refractivity contribution in [3.05, 3.63) is 0 Å². The Kier molecular flexibility index (Phi) is 9.24. The molecule has 0 aliphatic carbocycles. The van der Waals surface area contributed by atoms with Gasteiger partial charge in [0.1, 0.15) is 6.54 Å². The van der Waals surface area contributed by atoms with Crippen LogP contribution in [0.1, 0.15) is 57.8 Å². The third kappa shape index (κ3) is 9.87. The second-order valence-corrected chi connectivity index (χ2v) is 5.35. The van der Waals surface area contributed by atoms with Gasteiger partial charge < -0.3 is 15.4 Å². The van der Waals surface area contributed by atoms with Crippen LogP contribution in [-0.2, 0) is 19.1 Å². The number of ether oxygens (including phenoxy) is 1. The summed E-state index contributed by atoms with van der Waals surface area (Å²) in [6.07, 6.45) is 8.96. The maximum atomic E-state index is 11.5. The molecule has 6 nitrogen and oxygen atoms in total. The average Bonchev–Trinajstić information content (AvgIpc) is 2.47. The number of cyclic esters (lactones) is 1. The van der Waals surface area contributed by atoms with Gasteiger partial charge in [-0.25, -0.2) is 0 Å². The number of carbonyl (C=O) groups excluding carboxylic acids is 3. The van der Waals surface area contributed by atoms with E-state index < -0.39 is 5.97 Å². The molecule has 120 valence electrons. The molecule has 0 saturated carbocycles. The molecule has 1 aliphatic rings. The first-order valence-corrected chi connectivity index (χ1v) is 7.87. The number of carbonyl (C=O) groups is 3. The largest absolute Gasteiger partial charge is 0.464 e. The average molecular weight is 298 g/mol. The van der Waals surface area contributed by atoms with Gasteiger partial charge in [-0.1, -0.05) is 38.5 Å². The van der Waals surface area contributed by atoms with E-state index in [1.54, 1.807) is 0 Å². The van der Waals surface area contributed by atoms with Gasteiger partial charge in [0.2, 0.25) is 11.8 Å². The molecule has 1 rings (SSSR count). The Morgan fingerprint density at radius 3 is 1.95 bits per heavy atom. The summed E-state index contributed by atoms with van der Waals surface area (Å²) in [7, 11) is 0. The molecule has 2 N–H and O–H groups in total. The van der Waals surface area contributed by atoms with Crippen LogP contribution in [0.4, 0.5) is 0 Å². The molecule has 6 heteroatoms. The predicted molar refractivity (Wildman–Crippen MR) is 78.5 cm³/mol. The highest BCUT2D eigenvalue weighted by Gasteiger charge is 2.08. The maximum Gasteiger partial charge on any atom is 0.325 e. The van der Waals surface area contributed by atoms with E-state index in [1.807, 2.05) is 0 Å². The van der Waals surface area contributed by atoms with Gasteiger partial charge in [0, 0.05) is 6.42 Å². The lowest BCUT2D eigenvalue weighted by atomic mass is 10.1. The summed E-state index contributed by atoms with van der Waals surface area (Å²) in [5.74, 6) is -0.925. The second-order valence-electron chi connectivity index (χ2n) is 5.35. The van der Waals surface area contributed by atoms with E-state index in [2.05, 4.69) is 10.6 Å². The number of rotatable bonds is 0. The monoisotopic (exact) mass is 298 g/mol. The summed E-state index contributed by atoms with van der Waals surface area (Å²) in [6, 6.07) is 0. The minimum Gasteiger partial charge on any atom is -0.464 e. The van der Waals surface area contributed by atoms with Crippen molar-refractivity contribution in [2.75, 3.05) is 19.7 Å². The number of hydrogen-bond donors (Lipinski definition) is 2. The molecule has 2 amide bonds. The zero-order valence-electron chi connectivity index (χ0n) is 12.6. The Bertz CT molecular complexity index is 315. The standard InChI is InChI=1S/C15H26N2O4/c18-13-9-7-5-3-1-2-4-6-8-10-21-15(20)12-17-14(19)11-16-13/h1-12H2,(H,16,18)(H,17,19). The van der Waals surface area contributed by atoms with Gasteiger partial charge in [-0.15, -0.1) is 0 Å². The molecular formula is C15H26N2O4. The predicted octanol–water partition coefficient (Wildman–Crippen LogP) is 1.29. The molecule has 1 heterocycles. The molecule has 21 heavy (non-hydrogen) atoms. The number of amides is 2. The summed E-state index contributed by atoms with van der Waals surface area (Å²) in [5, 5.41) is 4.98. The summed E-state index contributed by atoms with van der Waals surface area (Å²) in [4.78, 5) is 34.3. The first-order valence-electron chi connectivity index (χ1n) is 7.87. The third-order valence-corrected chi connectivity index (χ3v) is 3.44. The van der Waals surface area contributed by atoms with Crippen molar-refractivity contribution in [2.24, 2.45) is 0 Å². The SMILES string of the molecule is O=C1CCCCCCCCCCOC(=O)CNC(=O)CN1. The fourth-order valence-electron chi connectivity index (χ4n) is 2.19. The van der Waals surface area contributed by atoms with E-state index >= 15 is 0 Å². The lowest BCUT2D eigenvalue weighted by molar-refractivity contribution is -0.144. The summed E-state index contributed by atoms with van der Waals surface area (Å²) in [6.45, 7) is 0.173. The zero-order chi connectivity index (χ0) is 15.3. The normalized spacial score (nSPS) is 21.4. The van der Waals surface area contributed by atoms with Crippen LogP contribution in [0.2, 0.25) is 0 Å². The molecule has 1 aliphatic heterocycles. The van der Waals surface area contributed by atoms with E-state index in [4.69, 9.17) is 4.74 Å². The summed E-state index contributed by atoms with van der Waals surface area (Å²) in [5.41, 5.74) is 0. The molecule has 0 bridgehead atoms. The topological polar surface area (TPSA) is 84.5 Å². The Morgan fingerprint density at radius 1 is 0.667 bits per heavy atom. The van der Waals surface area contributed by atoms with E-state index in [0.717, 1.165) is 38.5 Å². The van der Waals surface area contributed by atoms with Crippen molar-refractivity contribution >= 4 is 17.8 Å². The zero-order valence-corrected chi connectivity index (χ0v) is 12.6.